The van der Waals surface area contributed by atoms with Crippen molar-refractivity contribution in [3.63, 3.8) is 0 Å². The highest BCUT2D eigenvalue weighted by atomic mass is 16.5. The molecule has 0 aliphatic rings. The van der Waals surface area contributed by atoms with Gasteiger partial charge >= 0.3 is 0 Å². The first kappa shape index (κ1) is 19.0. The number of rotatable bonds is 15. The van der Waals surface area contributed by atoms with Crippen LogP contribution >= 0.6 is 0 Å². The van der Waals surface area contributed by atoms with E-state index in [1.54, 1.807) is 0 Å². The second kappa shape index (κ2) is 16.0. The maximum Gasteiger partial charge on any atom is 0.0466 e. The number of ether oxygens (including phenoxy) is 1. The van der Waals surface area contributed by atoms with Crippen LogP contribution in [0.4, 0.5) is 0 Å². The summed E-state index contributed by atoms with van der Waals surface area (Å²) < 4.78 is 5.62. The monoisotopic (exact) mass is 270 g/mol. The van der Waals surface area contributed by atoms with Gasteiger partial charge in [0, 0.05) is 13.2 Å². The molecule has 116 valence electrons. The fraction of sp³-hybridized carbons (Fsp3) is 1.00. The lowest BCUT2D eigenvalue weighted by Crippen LogP contribution is -1.96. The molecule has 0 spiro atoms. The van der Waals surface area contributed by atoms with Crippen LogP contribution in [-0.4, -0.2) is 13.2 Å². The molecule has 0 aromatic heterocycles. The lowest BCUT2D eigenvalue weighted by molar-refractivity contribution is 0.126. The molecule has 19 heavy (non-hydrogen) atoms. The molecular weight excluding hydrogens is 232 g/mol. The minimum atomic E-state index is 0.886. The van der Waals surface area contributed by atoms with Crippen LogP contribution in [0.2, 0.25) is 0 Å². The summed E-state index contributed by atoms with van der Waals surface area (Å²) in [6, 6.07) is 0. The molecule has 0 aromatic rings. The zero-order valence-electron chi connectivity index (χ0n) is 13.9. The quantitative estimate of drug-likeness (QED) is 0.315. The van der Waals surface area contributed by atoms with Gasteiger partial charge in [-0.3, -0.25) is 0 Å². The average Bonchev–Trinajstić information content (AvgIpc) is 2.39. The zero-order chi connectivity index (χ0) is 14.2. The lowest BCUT2D eigenvalue weighted by Gasteiger charge is -2.05. The largest absolute Gasteiger partial charge is 0.381 e. The van der Waals surface area contributed by atoms with Gasteiger partial charge in [-0.2, -0.15) is 0 Å². The highest BCUT2D eigenvalue weighted by Crippen LogP contribution is 2.12. The normalized spacial score (nSPS) is 11.4. The van der Waals surface area contributed by atoms with Gasteiger partial charge in [-0.25, -0.2) is 0 Å². The van der Waals surface area contributed by atoms with Crippen molar-refractivity contribution in [2.45, 2.75) is 97.8 Å². The molecule has 0 unspecified atom stereocenters. The van der Waals surface area contributed by atoms with E-state index in [-0.39, 0.29) is 0 Å². The van der Waals surface area contributed by atoms with E-state index in [1.165, 1.54) is 77.0 Å². The molecule has 0 amide bonds. The zero-order valence-corrected chi connectivity index (χ0v) is 13.9. The van der Waals surface area contributed by atoms with E-state index >= 15 is 0 Å². The molecular formula is C18H38O. The van der Waals surface area contributed by atoms with Crippen LogP contribution in [-0.2, 0) is 4.74 Å². The smallest absolute Gasteiger partial charge is 0.0466 e. The third kappa shape index (κ3) is 18.0. The Kier molecular flexibility index (Phi) is 16.0. The molecule has 0 heterocycles. The number of hydrogen-bond donors (Lipinski definition) is 0. The Balaban J connectivity index is 2.91. The van der Waals surface area contributed by atoms with Gasteiger partial charge in [0.15, 0.2) is 0 Å². The van der Waals surface area contributed by atoms with Crippen molar-refractivity contribution in [1.82, 2.24) is 0 Å². The molecule has 0 bridgehead atoms. The molecule has 0 aliphatic heterocycles. The number of unbranched alkanes of at least 4 members (excludes halogenated alkanes) is 9. The van der Waals surface area contributed by atoms with Crippen LogP contribution in [0.15, 0.2) is 0 Å². The van der Waals surface area contributed by atoms with Crippen LogP contribution in [0.3, 0.4) is 0 Å². The van der Waals surface area contributed by atoms with Gasteiger partial charge < -0.3 is 4.74 Å². The van der Waals surface area contributed by atoms with Crippen molar-refractivity contribution >= 4 is 0 Å². The van der Waals surface area contributed by atoms with Crippen LogP contribution in [0.1, 0.15) is 97.8 Å². The highest BCUT2D eigenvalue weighted by Gasteiger charge is 1.95. The summed E-state index contributed by atoms with van der Waals surface area (Å²) in [6.07, 6.45) is 16.5. The van der Waals surface area contributed by atoms with Crippen LogP contribution < -0.4 is 0 Å². The molecule has 1 heteroatoms. The van der Waals surface area contributed by atoms with E-state index in [2.05, 4.69) is 20.8 Å². The summed E-state index contributed by atoms with van der Waals surface area (Å²) in [6.45, 7) is 8.85. The van der Waals surface area contributed by atoms with E-state index in [9.17, 15) is 0 Å². The Morgan fingerprint density at radius 3 is 1.63 bits per heavy atom. The summed E-state index contributed by atoms with van der Waals surface area (Å²) in [5, 5.41) is 0. The van der Waals surface area contributed by atoms with E-state index in [1.807, 2.05) is 0 Å². The van der Waals surface area contributed by atoms with Gasteiger partial charge in [-0.05, 0) is 18.8 Å². The minimum Gasteiger partial charge on any atom is -0.381 e. The summed E-state index contributed by atoms with van der Waals surface area (Å²) in [7, 11) is 0. The summed E-state index contributed by atoms with van der Waals surface area (Å²) in [5.41, 5.74) is 0. The highest BCUT2D eigenvalue weighted by molar-refractivity contribution is 4.49. The van der Waals surface area contributed by atoms with Crippen molar-refractivity contribution < 1.29 is 4.74 Å². The predicted octanol–water partition coefficient (Wildman–Crippen LogP) is 6.36. The Bertz CT molecular complexity index is 154. The molecule has 0 saturated carbocycles. The third-order valence-corrected chi connectivity index (χ3v) is 3.71. The lowest BCUT2D eigenvalue weighted by atomic mass is 10.0. The number of hydrogen-bond acceptors (Lipinski definition) is 1. The SMILES string of the molecule is CCCCCOCCCCCCCCCCC(C)C. The van der Waals surface area contributed by atoms with Crippen LogP contribution in [0.5, 0.6) is 0 Å². The molecule has 0 saturated heterocycles. The van der Waals surface area contributed by atoms with Crippen molar-refractivity contribution in [1.29, 1.82) is 0 Å². The first-order valence-electron chi connectivity index (χ1n) is 8.85. The van der Waals surface area contributed by atoms with Gasteiger partial charge in [0.05, 0.1) is 0 Å². The van der Waals surface area contributed by atoms with Crippen molar-refractivity contribution in [2.24, 2.45) is 5.92 Å². The van der Waals surface area contributed by atoms with Crippen molar-refractivity contribution in [3.05, 3.63) is 0 Å². The maximum atomic E-state index is 5.62. The Hall–Kier alpha value is -0.0400. The summed E-state index contributed by atoms with van der Waals surface area (Å²) in [5.74, 6) is 0.886. The molecule has 0 N–H and O–H groups in total. The van der Waals surface area contributed by atoms with Gasteiger partial charge in [-0.15, -0.1) is 0 Å². The van der Waals surface area contributed by atoms with E-state index in [4.69, 9.17) is 4.74 Å². The topological polar surface area (TPSA) is 9.23 Å². The predicted molar refractivity (Wildman–Crippen MR) is 86.7 cm³/mol. The first-order valence-corrected chi connectivity index (χ1v) is 8.85. The molecule has 1 nitrogen and oxygen atoms in total. The van der Waals surface area contributed by atoms with Gasteiger partial charge in [0.2, 0.25) is 0 Å². The molecule has 0 rings (SSSR count). The van der Waals surface area contributed by atoms with E-state index < -0.39 is 0 Å². The van der Waals surface area contributed by atoms with Gasteiger partial charge in [-0.1, -0.05) is 85.0 Å². The second-order valence-electron chi connectivity index (χ2n) is 6.33. The minimum absolute atomic E-state index is 0.886. The molecule has 0 radical (unpaired) electrons. The summed E-state index contributed by atoms with van der Waals surface area (Å²) in [4.78, 5) is 0. The first-order chi connectivity index (χ1) is 9.27. The Morgan fingerprint density at radius 1 is 0.632 bits per heavy atom. The van der Waals surface area contributed by atoms with Gasteiger partial charge in [0.25, 0.3) is 0 Å². The van der Waals surface area contributed by atoms with Crippen LogP contribution in [0.25, 0.3) is 0 Å². The maximum absolute atomic E-state index is 5.62. The van der Waals surface area contributed by atoms with Crippen molar-refractivity contribution in [2.75, 3.05) is 13.2 Å². The fourth-order valence-electron chi connectivity index (χ4n) is 2.37. The van der Waals surface area contributed by atoms with E-state index in [0.29, 0.717) is 0 Å². The van der Waals surface area contributed by atoms with Crippen LogP contribution in [0, 0.1) is 5.92 Å². The molecule has 0 aliphatic carbocycles. The summed E-state index contributed by atoms with van der Waals surface area (Å²) >= 11 is 0. The Labute approximate surface area is 122 Å². The van der Waals surface area contributed by atoms with Crippen molar-refractivity contribution in [3.8, 4) is 0 Å². The molecule has 0 aromatic carbocycles. The Morgan fingerprint density at radius 2 is 1.11 bits per heavy atom. The van der Waals surface area contributed by atoms with Gasteiger partial charge in [0.1, 0.15) is 0 Å². The third-order valence-electron chi connectivity index (χ3n) is 3.71. The molecule has 0 fully saturated rings. The standard InChI is InChI=1S/C18H38O/c1-4-5-13-16-19-17-14-11-9-7-6-8-10-12-15-18(2)3/h18H,4-17H2,1-3H3. The average molecular weight is 271 g/mol. The molecule has 0 atom stereocenters. The fourth-order valence-corrected chi connectivity index (χ4v) is 2.37. The second-order valence-corrected chi connectivity index (χ2v) is 6.33. The van der Waals surface area contributed by atoms with E-state index in [0.717, 1.165) is 19.1 Å².